The number of nitrogens with one attached hydrogen (secondary N) is 1. The van der Waals surface area contributed by atoms with Crippen molar-refractivity contribution in [2.75, 3.05) is 0 Å². The quantitative estimate of drug-likeness (QED) is 0.144. The molecular weight excluding hydrogens is 823 g/mol. The van der Waals surface area contributed by atoms with Crippen LogP contribution in [0.3, 0.4) is 0 Å². The van der Waals surface area contributed by atoms with Crippen LogP contribution in [0.25, 0.3) is 11.6 Å². The highest BCUT2D eigenvalue weighted by Crippen LogP contribution is 2.27. The number of carboxylic acid groups (broad SMARTS) is 1. The van der Waals surface area contributed by atoms with E-state index in [0.717, 1.165) is 25.7 Å². The van der Waals surface area contributed by atoms with Crippen molar-refractivity contribution in [2.45, 2.75) is 47.7 Å². The number of nitrogens with two attached hydrogens (primary N) is 1. The molecule has 0 unspecified atom stereocenters. The van der Waals surface area contributed by atoms with Crippen molar-refractivity contribution < 1.29 is 41.0 Å². The minimum Gasteiger partial charge on any atom is -0.478 e. The molecule has 0 saturated heterocycles. The topological polar surface area (TPSA) is 241 Å². The van der Waals surface area contributed by atoms with E-state index in [0.29, 0.717) is 23.4 Å². The summed E-state index contributed by atoms with van der Waals surface area (Å²) in [4.78, 5) is 31.5. The molecule has 0 radical (unpaired) electrons. The zero-order valence-electron chi connectivity index (χ0n) is 29.4. The zero-order valence-corrected chi connectivity index (χ0v) is 32.6. The van der Waals surface area contributed by atoms with Gasteiger partial charge >= 0.3 is 5.97 Å². The van der Waals surface area contributed by atoms with Gasteiger partial charge in [0.1, 0.15) is 22.5 Å². The molecule has 2 fully saturated rings. The highest BCUT2D eigenvalue weighted by atomic mass is 35.5. The number of rotatable bonds is 11. The number of hydrogen-bond donors (Lipinski definition) is 3. The summed E-state index contributed by atoms with van der Waals surface area (Å²) in [5.41, 5.74) is -0.0986. The Bertz CT molecular complexity index is 2600. The number of pyridine rings is 2. The van der Waals surface area contributed by atoms with E-state index in [9.17, 15) is 26.4 Å². The average molecular weight is 856 g/mol. The molecule has 0 atom stereocenters. The molecule has 2 aromatic carbocycles. The van der Waals surface area contributed by atoms with Gasteiger partial charge in [-0.2, -0.15) is 0 Å². The van der Waals surface area contributed by atoms with Crippen LogP contribution in [-0.4, -0.2) is 75.6 Å². The lowest BCUT2D eigenvalue weighted by molar-refractivity contribution is 0.0696. The summed E-state index contributed by atoms with van der Waals surface area (Å²) in [6.07, 6.45) is 8.01. The third-order valence-electron chi connectivity index (χ3n) is 7.72. The van der Waals surface area contributed by atoms with Crippen LogP contribution >= 0.6 is 23.2 Å². The molecular formula is C36H32Cl2N8O9S2. The Balaban J connectivity index is 0.000000162. The summed E-state index contributed by atoms with van der Waals surface area (Å²) in [5, 5.41) is 21.9. The number of halogens is 2. The predicted molar refractivity (Wildman–Crippen MR) is 206 cm³/mol. The molecule has 2 saturated carbocycles. The normalized spacial score (nSPS) is 13.6. The van der Waals surface area contributed by atoms with Crippen molar-refractivity contribution in [3.63, 3.8) is 0 Å². The molecule has 0 aliphatic heterocycles. The lowest BCUT2D eigenvalue weighted by atomic mass is 10.3. The number of carbonyl (C=O) groups excluding carboxylic acids is 1. The highest BCUT2D eigenvalue weighted by molar-refractivity contribution is 7.90. The minimum absolute atomic E-state index is 0.0243. The third kappa shape index (κ3) is 11.4. The van der Waals surface area contributed by atoms with E-state index in [4.69, 9.17) is 42.9 Å². The van der Waals surface area contributed by atoms with Gasteiger partial charge in [0.05, 0.1) is 20.9 Å². The Morgan fingerprint density at radius 3 is 1.49 bits per heavy atom. The molecule has 4 heterocycles. The molecule has 0 spiro atoms. The average Bonchev–Trinajstić information content (AvgIpc) is 4.08. The summed E-state index contributed by atoms with van der Waals surface area (Å²) >= 11 is 11.9. The SMILES string of the molecule is NS(=O)(=O)c1ccccc1.O=C(NS(=O)(=O)c1ccccc1)c1ccc(-n2ccc(OC3CC3)n2)nc1Cl.O=C(O)c1ccc(-n2ccc(OC3CC3)n2)nc1Cl. The lowest BCUT2D eigenvalue weighted by Gasteiger charge is -2.09. The zero-order chi connectivity index (χ0) is 40.7. The second kappa shape index (κ2) is 17.5. The van der Waals surface area contributed by atoms with Crippen molar-refractivity contribution in [3.05, 3.63) is 131 Å². The molecule has 6 aromatic rings. The number of aromatic nitrogens is 6. The van der Waals surface area contributed by atoms with Gasteiger partial charge in [0.25, 0.3) is 15.9 Å². The van der Waals surface area contributed by atoms with Crippen LogP contribution in [0.1, 0.15) is 46.4 Å². The number of aromatic carboxylic acids is 1. The number of benzene rings is 2. The van der Waals surface area contributed by atoms with Gasteiger partial charge < -0.3 is 14.6 Å². The van der Waals surface area contributed by atoms with Crippen LogP contribution in [0.15, 0.2) is 119 Å². The maximum atomic E-state index is 12.4. The van der Waals surface area contributed by atoms with Crippen LogP contribution in [0, 0.1) is 0 Å². The first-order valence-electron chi connectivity index (χ1n) is 16.9. The van der Waals surface area contributed by atoms with Crippen molar-refractivity contribution in [2.24, 2.45) is 5.14 Å². The summed E-state index contributed by atoms with van der Waals surface area (Å²) in [5.74, 6) is -0.147. The van der Waals surface area contributed by atoms with Crippen molar-refractivity contribution in [3.8, 4) is 23.4 Å². The predicted octanol–water partition coefficient (Wildman–Crippen LogP) is 5.07. The number of carboxylic acids is 1. The Kier molecular flexibility index (Phi) is 12.5. The fourth-order valence-corrected chi connectivity index (χ4v) is 6.58. The number of nitrogens with zero attached hydrogens (tertiary/aromatic N) is 6. The maximum absolute atomic E-state index is 12.4. The Morgan fingerprint density at radius 1 is 0.667 bits per heavy atom. The van der Waals surface area contributed by atoms with Crippen molar-refractivity contribution in [1.29, 1.82) is 0 Å². The summed E-state index contributed by atoms with van der Waals surface area (Å²) in [6, 6.07) is 24.8. The van der Waals surface area contributed by atoms with E-state index in [1.54, 1.807) is 67.0 Å². The third-order valence-corrected chi connectivity index (χ3v) is 10.6. The molecule has 57 heavy (non-hydrogen) atoms. The number of carbonyl (C=O) groups is 2. The molecule has 21 heteroatoms. The number of hydrogen-bond acceptors (Lipinski definition) is 12. The number of amides is 1. The largest absolute Gasteiger partial charge is 0.478 e. The van der Waals surface area contributed by atoms with E-state index < -0.39 is 31.9 Å². The minimum atomic E-state index is -4.01. The van der Waals surface area contributed by atoms with Gasteiger partial charge in [0.2, 0.25) is 21.8 Å². The summed E-state index contributed by atoms with van der Waals surface area (Å²) in [7, 11) is -7.51. The molecule has 2 aliphatic rings. The first-order valence-corrected chi connectivity index (χ1v) is 20.7. The lowest BCUT2D eigenvalue weighted by Crippen LogP contribution is -2.31. The highest BCUT2D eigenvalue weighted by Gasteiger charge is 2.26. The maximum Gasteiger partial charge on any atom is 0.338 e. The van der Waals surface area contributed by atoms with Gasteiger partial charge in [0.15, 0.2) is 11.6 Å². The van der Waals surface area contributed by atoms with Gasteiger partial charge in [-0.05, 0) is 74.2 Å². The van der Waals surface area contributed by atoms with Crippen LogP contribution in [-0.2, 0) is 20.0 Å². The van der Waals surface area contributed by atoms with Crippen LogP contribution in [0.2, 0.25) is 10.3 Å². The van der Waals surface area contributed by atoms with E-state index in [1.807, 2.05) is 4.72 Å². The van der Waals surface area contributed by atoms with Crippen LogP contribution < -0.4 is 19.3 Å². The molecule has 296 valence electrons. The van der Waals surface area contributed by atoms with Crippen LogP contribution in [0.4, 0.5) is 0 Å². The summed E-state index contributed by atoms with van der Waals surface area (Å²) < 4.78 is 61.9. The first kappa shape index (κ1) is 40.8. The Morgan fingerprint density at radius 2 is 1.11 bits per heavy atom. The van der Waals surface area contributed by atoms with Gasteiger partial charge in [-0.25, -0.2) is 50.8 Å². The molecule has 1 amide bonds. The summed E-state index contributed by atoms with van der Waals surface area (Å²) in [6.45, 7) is 0. The van der Waals surface area contributed by atoms with E-state index in [2.05, 4.69) is 20.2 Å². The van der Waals surface area contributed by atoms with E-state index >= 15 is 0 Å². The number of ether oxygens (including phenoxy) is 2. The Hall–Kier alpha value is -5.86. The molecule has 17 nitrogen and oxygen atoms in total. The smallest absolute Gasteiger partial charge is 0.338 e. The molecule has 0 bridgehead atoms. The fourth-order valence-electron chi connectivity index (χ4n) is 4.59. The van der Waals surface area contributed by atoms with E-state index in [1.165, 1.54) is 51.8 Å². The van der Waals surface area contributed by atoms with E-state index in [-0.39, 0.29) is 43.4 Å². The fraction of sp³-hybridized carbons (Fsp3) is 0.167. The van der Waals surface area contributed by atoms with Gasteiger partial charge in [-0.1, -0.05) is 59.6 Å². The number of sulfonamides is 2. The monoisotopic (exact) mass is 854 g/mol. The molecule has 4 N–H and O–H groups in total. The second-order valence-electron chi connectivity index (χ2n) is 12.3. The second-order valence-corrected chi connectivity index (χ2v) is 16.2. The molecule has 8 rings (SSSR count). The first-order chi connectivity index (χ1) is 27.2. The number of primary sulfonamides is 1. The van der Waals surface area contributed by atoms with Gasteiger partial charge in [-0.15, -0.1) is 10.2 Å². The van der Waals surface area contributed by atoms with Gasteiger partial charge in [0, 0.05) is 24.5 Å². The standard InChI is InChI=1S/C18H15ClN4O4S.C12H10ClN3O3.C6H7NO2S/c19-17-14(18(24)22-28(25,26)13-4-2-1-3-5-13)8-9-15(20-17)23-11-10-16(21-23)27-12-6-7-12;13-11-8(12(17)18)3-4-9(14-11)16-6-5-10(15-16)19-7-1-2-7;7-10(8,9)6-4-2-1-3-5-6/h1-5,8-12H,6-7H2,(H,22,24);3-7H,1-2H2,(H,17,18);1-5H,(H2,7,8,9). The van der Waals surface area contributed by atoms with Crippen molar-refractivity contribution >= 4 is 55.1 Å². The van der Waals surface area contributed by atoms with Crippen molar-refractivity contribution in [1.82, 2.24) is 34.3 Å². The van der Waals surface area contributed by atoms with Gasteiger partial charge in [-0.3, -0.25) is 4.79 Å². The Labute approximate surface area is 336 Å². The molecule has 4 aromatic heterocycles. The van der Waals surface area contributed by atoms with Crippen LogP contribution in [0.5, 0.6) is 11.8 Å². The molecule has 2 aliphatic carbocycles.